The van der Waals surface area contributed by atoms with Crippen molar-refractivity contribution in [2.75, 3.05) is 19.6 Å². The van der Waals surface area contributed by atoms with Crippen LogP contribution >= 0.6 is 0 Å². The Bertz CT molecular complexity index is 1280. The number of aromatic nitrogens is 2. The van der Waals surface area contributed by atoms with E-state index in [9.17, 15) is 13.2 Å². The van der Waals surface area contributed by atoms with Crippen LogP contribution in [0.25, 0.3) is 5.69 Å². The van der Waals surface area contributed by atoms with E-state index in [1.807, 2.05) is 59.4 Å². The van der Waals surface area contributed by atoms with Crippen molar-refractivity contribution < 1.29 is 13.2 Å². The van der Waals surface area contributed by atoms with Crippen LogP contribution in [0.3, 0.4) is 0 Å². The summed E-state index contributed by atoms with van der Waals surface area (Å²) >= 11 is 0. The van der Waals surface area contributed by atoms with E-state index in [1.165, 1.54) is 21.9 Å². The van der Waals surface area contributed by atoms with Crippen molar-refractivity contribution >= 4 is 15.9 Å². The van der Waals surface area contributed by atoms with Crippen LogP contribution in [0.15, 0.2) is 65.7 Å². The van der Waals surface area contributed by atoms with Gasteiger partial charge in [-0.05, 0) is 80.0 Å². The van der Waals surface area contributed by atoms with Gasteiger partial charge in [0.1, 0.15) is 0 Å². The van der Waals surface area contributed by atoms with E-state index < -0.39 is 10.0 Å². The van der Waals surface area contributed by atoms with E-state index in [2.05, 4.69) is 10.4 Å². The first kappa shape index (κ1) is 23.8. The number of para-hydroxylation sites is 1. The van der Waals surface area contributed by atoms with Gasteiger partial charge in [0, 0.05) is 38.2 Å². The number of carbonyl (C=O) groups is 1. The summed E-state index contributed by atoms with van der Waals surface area (Å²) in [5.41, 5.74) is 4.36. The second-order valence-corrected chi connectivity index (χ2v) is 11.4. The van der Waals surface area contributed by atoms with Gasteiger partial charge in [0.2, 0.25) is 15.9 Å². The second kappa shape index (κ2) is 10.3. The second-order valence-electron chi connectivity index (χ2n) is 9.44. The highest BCUT2D eigenvalue weighted by Gasteiger charge is 2.32. The summed E-state index contributed by atoms with van der Waals surface area (Å²) in [7, 11) is -3.53. The third-order valence-corrected chi connectivity index (χ3v) is 9.02. The number of sulfonamides is 1. The molecule has 2 aliphatic rings. The van der Waals surface area contributed by atoms with E-state index in [0.717, 1.165) is 30.6 Å². The van der Waals surface area contributed by atoms with Crippen LogP contribution in [-0.4, -0.2) is 48.0 Å². The lowest BCUT2D eigenvalue weighted by Gasteiger charge is -2.31. The first-order valence-electron chi connectivity index (χ1n) is 12.5. The van der Waals surface area contributed by atoms with E-state index >= 15 is 0 Å². The normalized spacial score (nSPS) is 17.1. The Morgan fingerprint density at radius 3 is 2.49 bits per heavy atom. The zero-order valence-electron chi connectivity index (χ0n) is 19.9. The molecule has 184 valence electrons. The van der Waals surface area contributed by atoms with Crippen molar-refractivity contribution in [1.82, 2.24) is 19.4 Å². The van der Waals surface area contributed by atoms with Gasteiger partial charge in [0.15, 0.2) is 0 Å². The van der Waals surface area contributed by atoms with Crippen molar-refractivity contribution in [1.29, 1.82) is 0 Å². The molecule has 0 spiro atoms. The number of amides is 1. The lowest BCUT2D eigenvalue weighted by molar-refractivity contribution is -0.126. The number of piperidine rings is 1. The molecule has 1 fully saturated rings. The highest BCUT2D eigenvalue weighted by molar-refractivity contribution is 7.89. The SMILES string of the molecule is O=C(NCCc1ccn(-c2ccccc2)n1)C1CCN(S(=O)(=O)c2ccc3c(c2)CCCC3)CC1. The predicted octanol–water partition coefficient (Wildman–Crippen LogP) is 3.51. The Morgan fingerprint density at radius 2 is 1.71 bits per heavy atom. The van der Waals surface area contributed by atoms with Crippen LogP contribution in [0.1, 0.15) is 42.5 Å². The summed E-state index contributed by atoms with van der Waals surface area (Å²) in [6.45, 7) is 1.26. The maximum atomic E-state index is 13.2. The van der Waals surface area contributed by atoms with Crippen LogP contribution < -0.4 is 5.32 Å². The molecule has 0 radical (unpaired) electrons. The molecule has 1 N–H and O–H groups in total. The fourth-order valence-electron chi connectivity index (χ4n) is 5.06. The van der Waals surface area contributed by atoms with Gasteiger partial charge in [-0.2, -0.15) is 9.40 Å². The number of carbonyl (C=O) groups excluding carboxylic acids is 1. The molecular weight excluding hydrogens is 460 g/mol. The Kier molecular flexibility index (Phi) is 7.02. The minimum atomic E-state index is -3.53. The summed E-state index contributed by atoms with van der Waals surface area (Å²) in [6.07, 6.45) is 7.93. The third kappa shape index (κ3) is 5.33. The van der Waals surface area contributed by atoms with Crippen LogP contribution in [0, 0.1) is 5.92 Å². The molecule has 0 saturated carbocycles. The van der Waals surface area contributed by atoms with Crippen molar-refractivity contribution in [3.63, 3.8) is 0 Å². The molecule has 0 unspecified atom stereocenters. The summed E-state index contributed by atoms with van der Waals surface area (Å²) in [6, 6.07) is 17.5. The highest BCUT2D eigenvalue weighted by atomic mass is 32.2. The molecule has 3 aromatic rings. The quantitative estimate of drug-likeness (QED) is 0.547. The lowest BCUT2D eigenvalue weighted by Crippen LogP contribution is -2.43. The van der Waals surface area contributed by atoms with Crippen molar-refractivity contribution in [2.45, 2.75) is 49.8 Å². The Labute approximate surface area is 207 Å². The summed E-state index contributed by atoms with van der Waals surface area (Å²) < 4.78 is 29.8. The maximum absolute atomic E-state index is 13.2. The van der Waals surface area contributed by atoms with E-state index in [1.54, 1.807) is 6.07 Å². The summed E-state index contributed by atoms with van der Waals surface area (Å²) in [4.78, 5) is 13.1. The topological polar surface area (TPSA) is 84.3 Å². The van der Waals surface area contributed by atoms with Crippen LogP contribution in [-0.2, 0) is 34.1 Å². The molecule has 7 nitrogen and oxygen atoms in total. The van der Waals surface area contributed by atoms with Gasteiger partial charge >= 0.3 is 0 Å². The van der Waals surface area contributed by atoms with Gasteiger partial charge in [-0.1, -0.05) is 24.3 Å². The van der Waals surface area contributed by atoms with Gasteiger partial charge in [-0.15, -0.1) is 0 Å². The average molecular weight is 493 g/mol. The number of nitrogens with zero attached hydrogens (tertiary/aromatic N) is 3. The van der Waals surface area contributed by atoms with Crippen LogP contribution in [0.4, 0.5) is 0 Å². The molecule has 1 saturated heterocycles. The van der Waals surface area contributed by atoms with Crippen molar-refractivity contribution in [3.05, 3.63) is 77.6 Å². The maximum Gasteiger partial charge on any atom is 0.243 e. The number of hydrogen-bond donors (Lipinski definition) is 1. The standard InChI is InChI=1S/C27H32N4O3S/c32-27(28-16-12-24-15-19-31(29-24)25-8-2-1-3-9-25)22-13-17-30(18-14-22)35(33,34)26-11-10-21-6-4-5-7-23(21)20-26/h1-3,8-11,15,19-20,22H,4-7,12-14,16-18H2,(H,28,32). The largest absolute Gasteiger partial charge is 0.355 e. The molecule has 5 rings (SSSR count). The zero-order valence-corrected chi connectivity index (χ0v) is 20.7. The van der Waals surface area contributed by atoms with Crippen LogP contribution in [0.2, 0.25) is 0 Å². The number of aryl methyl sites for hydroxylation is 2. The van der Waals surface area contributed by atoms with Crippen LogP contribution in [0.5, 0.6) is 0 Å². The molecule has 2 heterocycles. The fraction of sp³-hybridized carbons (Fsp3) is 0.407. The molecule has 1 aromatic heterocycles. The molecule has 1 amide bonds. The smallest absolute Gasteiger partial charge is 0.243 e. The molecule has 0 bridgehead atoms. The number of benzene rings is 2. The van der Waals surface area contributed by atoms with Crippen molar-refractivity contribution in [2.24, 2.45) is 5.92 Å². The number of rotatable bonds is 7. The first-order valence-corrected chi connectivity index (χ1v) is 13.9. The molecule has 35 heavy (non-hydrogen) atoms. The number of hydrogen-bond acceptors (Lipinski definition) is 4. The Balaban J connectivity index is 1.11. The third-order valence-electron chi connectivity index (χ3n) is 7.13. The Morgan fingerprint density at radius 1 is 0.971 bits per heavy atom. The average Bonchev–Trinajstić information content (AvgIpc) is 3.38. The van der Waals surface area contributed by atoms with Gasteiger partial charge in [-0.25, -0.2) is 13.1 Å². The lowest BCUT2D eigenvalue weighted by atomic mass is 9.92. The van der Waals surface area contributed by atoms with Gasteiger partial charge in [0.25, 0.3) is 0 Å². The van der Waals surface area contributed by atoms with Gasteiger partial charge < -0.3 is 5.32 Å². The zero-order chi connectivity index (χ0) is 24.3. The van der Waals surface area contributed by atoms with Gasteiger partial charge in [-0.3, -0.25) is 4.79 Å². The fourth-order valence-corrected chi connectivity index (χ4v) is 6.58. The first-order chi connectivity index (χ1) is 17.0. The highest BCUT2D eigenvalue weighted by Crippen LogP contribution is 2.28. The molecular formula is C27H32N4O3S. The van der Waals surface area contributed by atoms with Gasteiger partial charge in [0.05, 0.1) is 16.3 Å². The number of nitrogens with one attached hydrogen (secondary N) is 1. The number of fused-ring (bicyclic) bond motifs is 1. The summed E-state index contributed by atoms with van der Waals surface area (Å²) in [5, 5.41) is 7.59. The molecule has 0 atom stereocenters. The minimum absolute atomic E-state index is 0.00155. The monoisotopic (exact) mass is 492 g/mol. The van der Waals surface area contributed by atoms with E-state index in [4.69, 9.17) is 0 Å². The minimum Gasteiger partial charge on any atom is -0.355 e. The predicted molar refractivity (Wildman–Crippen MR) is 135 cm³/mol. The molecule has 8 heteroatoms. The summed E-state index contributed by atoms with van der Waals surface area (Å²) in [5.74, 6) is -0.162. The van der Waals surface area contributed by atoms with E-state index in [0.29, 0.717) is 43.8 Å². The Hall–Kier alpha value is -2.97. The molecule has 2 aromatic carbocycles. The molecule has 1 aliphatic heterocycles. The molecule has 1 aliphatic carbocycles. The van der Waals surface area contributed by atoms with E-state index in [-0.39, 0.29) is 11.8 Å². The van der Waals surface area contributed by atoms with Crippen molar-refractivity contribution in [3.8, 4) is 5.69 Å².